The summed E-state index contributed by atoms with van der Waals surface area (Å²) < 4.78 is 0. The summed E-state index contributed by atoms with van der Waals surface area (Å²) in [6.07, 6.45) is 2.35. The fourth-order valence-electron chi connectivity index (χ4n) is 3.48. The molecule has 6 nitrogen and oxygen atoms in total. The van der Waals surface area contributed by atoms with Crippen LogP contribution in [0.5, 0.6) is 0 Å². The standard InChI is InChI=1S/C20H19N3O3/c24-18(13-23-19(25)16-8-1-2-9-17(16)20(23)26)21-14-6-5-7-15(12-14)22-10-3-4-11-22/h1-2,5-9,12H,3-4,10-11,13H2,(H,21,24). The fraction of sp³-hybridized carbons (Fsp3) is 0.250. The van der Waals surface area contributed by atoms with Crippen molar-refractivity contribution in [3.8, 4) is 0 Å². The second kappa shape index (κ2) is 6.63. The van der Waals surface area contributed by atoms with Gasteiger partial charge in [0.1, 0.15) is 6.54 Å². The van der Waals surface area contributed by atoms with Crippen molar-refractivity contribution >= 4 is 29.1 Å². The number of anilines is 2. The minimum Gasteiger partial charge on any atom is -0.371 e. The van der Waals surface area contributed by atoms with Crippen LogP contribution in [0.1, 0.15) is 33.6 Å². The third-order valence-electron chi connectivity index (χ3n) is 4.78. The number of imide groups is 1. The maximum atomic E-state index is 12.4. The SMILES string of the molecule is O=C(CN1C(=O)c2ccccc2C1=O)Nc1cccc(N2CCCC2)c1. The van der Waals surface area contributed by atoms with Gasteiger partial charge in [-0.05, 0) is 43.2 Å². The molecule has 2 aromatic carbocycles. The number of carbonyl (C=O) groups excluding carboxylic acids is 3. The van der Waals surface area contributed by atoms with Crippen molar-refractivity contribution in [3.05, 3.63) is 59.7 Å². The van der Waals surface area contributed by atoms with Crippen LogP contribution in [0, 0.1) is 0 Å². The van der Waals surface area contributed by atoms with E-state index in [4.69, 9.17) is 0 Å². The Hall–Kier alpha value is -3.15. The lowest BCUT2D eigenvalue weighted by Crippen LogP contribution is -2.37. The van der Waals surface area contributed by atoms with Gasteiger partial charge in [0, 0.05) is 24.5 Å². The lowest BCUT2D eigenvalue weighted by molar-refractivity contribution is -0.116. The molecule has 2 aliphatic rings. The van der Waals surface area contributed by atoms with E-state index >= 15 is 0 Å². The number of carbonyl (C=O) groups is 3. The number of hydrogen-bond donors (Lipinski definition) is 1. The summed E-state index contributed by atoms with van der Waals surface area (Å²) >= 11 is 0. The fourth-order valence-corrected chi connectivity index (χ4v) is 3.48. The van der Waals surface area contributed by atoms with Crippen molar-refractivity contribution in [3.63, 3.8) is 0 Å². The van der Waals surface area contributed by atoms with Crippen LogP contribution in [0.3, 0.4) is 0 Å². The molecule has 0 spiro atoms. The predicted octanol–water partition coefficient (Wildman–Crippen LogP) is 2.52. The molecule has 0 aliphatic carbocycles. The largest absolute Gasteiger partial charge is 0.371 e. The van der Waals surface area contributed by atoms with E-state index in [1.807, 2.05) is 18.2 Å². The van der Waals surface area contributed by atoms with Gasteiger partial charge >= 0.3 is 0 Å². The molecule has 1 fully saturated rings. The van der Waals surface area contributed by atoms with Gasteiger partial charge in [0.05, 0.1) is 11.1 Å². The molecule has 0 bridgehead atoms. The van der Waals surface area contributed by atoms with Gasteiger partial charge < -0.3 is 10.2 Å². The predicted molar refractivity (Wildman–Crippen MR) is 98.3 cm³/mol. The second-order valence-electron chi connectivity index (χ2n) is 6.53. The molecule has 6 heteroatoms. The molecule has 1 N–H and O–H groups in total. The van der Waals surface area contributed by atoms with Crippen LogP contribution in [-0.4, -0.2) is 42.3 Å². The van der Waals surface area contributed by atoms with Crippen LogP contribution in [0.2, 0.25) is 0 Å². The van der Waals surface area contributed by atoms with Gasteiger partial charge in [0.25, 0.3) is 11.8 Å². The van der Waals surface area contributed by atoms with Crippen molar-refractivity contribution < 1.29 is 14.4 Å². The van der Waals surface area contributed by atoms with Crippen LogP contribution in [-0.2, 0) is 4.79 Å². The second-order valence-corrected chi connectivity index (χ2v) is 6.53. The number of hydrogen-bond acceptors (Lipinski definition) is 4. The molecule has 3 amide bonds. The number of rotatable bonds is 4. The molecule has 2 heterocycles. The van der Waals surface area contributed by atoms with Crippen molar-refractivity contribution in [2.45, 2.75) is 12.8 Å². The number of benzene rings is 2. The lowest BCUT2D eigenvalue weighted by Gasteiger charge is -2.19. The highest BCUT2D eigenvalue weighted by Gasteiger charge is 2.36. The molecule has 0 atom stereocenters. The Morgan fingerprint density at radius 1 is 0.923 bits per heavy atom. The smallest absolute Gasteiger partial charge is 0.262 e. The quantitative estimate of drug-likeness (QED) is 0.861. The topological polar surface area (TPSA) is 69.7 Å². The molecule has 0 unspecified atom stereocenters. The van der Waals surface area contributed by atoms with Gasteiger partial charge in [-0.1, -0.05) is 18.2 Å². The van der Waals surface area contributed by atoms with Gasteiger partial charge in [-0.15, -0.1) is 0 Å². The zero-order chi connectivity index (χ0) is 18.1. The van der Waals surface area contributed by atoms with Crippen LogP contribution >= 0.6 is 0 Å². The van der Waals surface area contributed by atoms with Crippen LogP contribution < -0.4 is 10.2 Å². The molecular formula is C20H19N3O3. The van der Waals surface area contributed by atoms with E-state index in [2.05, 4.69) is 10.2 Å². The number of amides is 3. The normalized spacial score (nSPS) is 16.2. The Kier molecular flexibility index (Phi) is 4.16. The van der Waals surface area contributed by atoms with Gasteiger partial charge in [-0.25, -0.2) is 0 Å². The zero-order valence-electron chi connectivity index (χ0n) is 14.3. The molecule has 2 aromatic rings. The minimum atomic E-state index is -0.424. The highest BCUT2D eigenvalue weighted by atomic mass is 16.2. The first-order chi connectivity index (χ1) is 12.6. The Morgan fingerprint density at radius 2 is 1.58 bits per heavy atom. The highest BCUT2D eigenvalue weighted by Crippen LogP contribution is 2.24. The molecule has 0 aromatic heterocycles. The van der Waals surface area contributed by atoms with E-state index in [0.29, 0.717) is 16.8 Å². The van der Waals surface area contributed by atoms with E-state index < -0.39 is 17.7 Å². The molecular weight excluding hydrogens is 330 g/mol. The molecule has 2 aliphatic heterocycles. The average Bonchev–Trinajstić information content (AvgIpc) is 3.26. The van der Waals surface area contributed by atoms with E-state index in [1.165, 1.54) is 12.8 Å². The molecule has 26 heavy (non-hydrogen) atoms. The van der Waals surface area contributed by atoms with Gasteiger partial charge in [-0.2, -0.15) is 0 Å². The van der Waals surface area contributed by atoms with Crippen LogP contribution in [0.25, 0.3) is 0 Å². The summed E-state index contributed by atoms with van der Waals surface area (Å²) in [6, 6.07) is 14.3. The van der Waals surface area contributed by atoms with Gasteiger partial charge in [0.15, 0.2) is 0 Å². The van der Waals surface area contributed by atoms with Crippen molar-refractivity contribution in [1.82, 2.24) is 4.90 Å². The van der Waals surface area contributed by atoms with Crippen molar-refractivity contribution in [2.75, 3.05) is 29.9 Å². The molecule has 0 radical (unpaired) electrons. The van der Waals surface area contributed by atoms with Gasteiger partial charge in [0.2, 0.25) is 5.91 Å². The average molecular weight is 349 g/mol. The first-order valence-electron chi connectivity index (χ1n) is 8.73. The Morgan fingerprint density at radius 3 is 2.23 bits per heavy atom. The minimum absolute atomic E-state index is 0.291. The molecule has 4 rings (SSSR count). The number of nitrogens with one attached hydrogen (secondary N) is 1. The maximum Gasteiger partial charge on any atom is 0.262 e. The lowest BCUT2D eigenvalue weighted by atomic mass is 10.1. The number of fused-ring (bicyclic) bond motifs is 1. The molecule has 132 valence electrons. The summed E-state index contributed by atoms with van der Waals surface area (Å²) in [4.78, 5) is 40.3. The molecule has 1 saturated heterocycles. The van der Waals surface area contributed by atoms with E-state index in [9.17, 15) is 14.4 Å². The van der Waals surface area contributed by atoms with Gasteiger partial charge in [-0.3, -0.25) is 19.3 Å². The summed E-state index contributed by atoms with van der Waals surface area (Å²) in [7, 11) is 0. The maximum absolute atomic E-state index is 12.4. The van der Waals surface area contributed by atoms with E-state index in [1.54, 1.807) is 30.3 Å². The van der Waals surface area contributed by atoms with Crippen LogP contribution in [0.4, 0.5) is 11.4 Å². The Labute approximate surface area is 151 Å². The summed E-state index contributed by atoms with van der Waals surface area (Å²) in [5.74, 6) is -1.24. The monoisotopic (exact) mass is 349 g/mol. The van der Waals surface area contributed by atoms with E-state index in [0.717, 1.165) is 23.7 Å². The Balaban J connectivity index is 1.44. The third kappa shape index (κ3) is 2.94. The number of nitrogens with zero attached hydrogens (tertiary/aromatic N) is 2. The zero-order valence-corrected chi connectivity index (χ0v) is 14.3. The Bertz CT molecular complexity index is 852. The molecule has 0 saturated carbocycles. The van der Waals surface area contributed by atoms with E-state index in [-0.39, 0.29) is 6.54 Å². The first kappa shape index (κ1) is 16.3. The summed E-state index contributed by atoms with van der Waals surface area (Å²) in [5.41, 5.74) is 2.43. The van der Waals surface area contributed by atoms with Crippen molar-refractivity contribution in [2.24, 2.45) is 0 Å². The third-order valence-corrected chi connectivity index (χ3v) is 4.78. The summed E-state index contributed by atoms with van der Waals surface area (Å²) in [6.45, 7) is 1.75. The van der Waals surface area contributed by atoms with Crippen LogP contribution in [0.15, 0.2) is 48.5 Å². The summed E-state index contributed by atoms with van der Waals surface area (Å²) in [5, 5.41) is 2.79. The highest BCUT2D eigenvalue weighted by molar-refractivity contribution is 6.22. The first-order valence-corrected chi connectivity index (χ1v) is 8.73. The van der Waals surface area contributed by atoms with Crippen molar-refractivity contribution in [1.29, 1.82) is 0 Å².